The first-order valence-corrected chi connectivity index (χ1v) is 7.64. The van der Waals surface area contributed by atoms with E-state index in [-0.39, 0.29) is 6.03 Å². The topological polar surface area (TPSA) is 32.3 Å². The van der Waals surface area contributed by atoms with Crippen molar-refractivity contribution in [3.05, 3.63) is 65.2 Å². The average molecular weight is 296 g/mol. The minimum atomic E-state index is -0.0892. The molecule has 0 unspecified atom stereocenters. The van der Waals surface area contributed by atoms with E-state index in [1.807, 2.05) is 25.2 Å². The molecule has 22 heavy (non-hydrogen) atoms. The molecule has 0 radical (unpaired) electrons. The number of nitrogens with one attached hydrogen (secondary N) is 1. The van der Waals surface area contributed by atoms with E-state index in [1.165, 1.54) is 5.56 Å². The van der Waals surface area contributed by atoms with Crippen molar-refractivity contribution in [1.29, 1.82) is 0 Å². The van der Waals surface area contributed by atoms with Crippen molar-refractivity contribution < 1.29 is 4.79 Å². The summed E-state index contributed by atoms with van der Waals surface area (Å²) in [6.45, 7) is 6.90. The summed E-state index contributed by atoms with van der Waals surface area (Å²) < 4.78 is 0. The van der Waals surface area contributed by atoms with E-state index in [9.17, 15) is 4.79 Å². The molecule has 116 valence electrons. The number of rotatable bonds is 4. The van der Waals surface area contributed by atoms with Gasteiger partial charge >= 0.3 is 6.03 Å². The van der Waals surface area contributed by atoms with E-state index < -0.39 is 0 Å². The molecule has 0 spiro atoms. The van der Waals surface area contributed by atoms with Crippen molar-refractivity contribution in [3.63, 3.8) is 0 Å². The van der Waals surface area contributed by atoms with Crippen molar-refractivity contribution in [2.24, 2.45) is 0 Å². The SMILES string of the molecule is Cc1ccc(CN(C)C(=O)Nc2ccccc2C(C)C)cc1. The van der Waals surface area contributed by atoms with Crippen LogP contribution < -0.4 is 5.32 Å². The number of amides is 2. The summed E-state index contributed by atoms with van der Waals surface area (Å²) in [5.41, 5.74) is 4.39. The predicted octanol–water partition coefficient (Wildman–Crippen LogP) is 4.78. The van der Waals surface area contributed by atoms with Gasteiger partial charge in [-0.3, -0.25) is 0 Å². The first-order valence-electron chi connectivity index (χ1n) is 7.64. The zero-order chi connectivity index (χ0) is 16.1. The second-order valence-electron chi connectivity index (χ2n) is 6.01. The summed E-state index contributed by atoms with van der Waals surface area (Å²) in [5, 5.41) is 3.01. The number of nitrogens with zero attached hydrogens (tertiary/aromatic N) is 1. The fourth-order valence-electron chi connectivity index (χ4n) is 2.36. The summed E-state index contributed by atoms with van der Waals surface area (Å²) in [6.07, 6.45) is 0. The van der Waals surface area contributed by atoms with Gasteiger partial charge in [0.15, 0.2) is 0 Å². The van der Waals surface area contributed by atoms with Gasteiger partial charge in [-0.15, -0.1) is 0 Å². The largest absolute Gasteiger partial charge is 0.323 e. The van der Waals surface area contributed by atoms with Crippen LogP contribution in [0.25, 0.3) is 0 Å². The maximum absolute atomic E-state index is 12.4. The molecule has 3 heteroatoms. The minimum absolute atomic E-state index is 0.0892. The Morgan fingerprint density at radius 3 is 2.36 bits per heavy atom. The third kappa shape index (κ3) is 4.10. The molecule has 0 saturated carbocycles. The molecule has 3 nitrogen and oxygen atoms in total. The summed E-state index contributed by atoms with van der Waals surface area (Å²) in [4.78, 5) is 14.1. The molecule has 0 bridgehead atoms. The van der Waals surface area contributed by atoms with Gasteiger partial charge in [0.1, 0.15) is 0 Å². The van der Waals surface area contributed by atoms with Gasteiger partial charge in [0.05, 0.1) is 0 Å². The summed E-state index contributed by atoms with van der Waals surface area (Å²) in [7, 11) is 1.81. The van der Waals surface area contributed by atoms with E-state index >= 15 is 0 Å². The van der Waals surface area contributed by atoms with Crippen LogP contribution in [0.3, 0.4) is 0 Å². The highest BCUT2D eigenvalue weighted by Gasteiger charge is 2.12. The molecular weight excluding hydrogens is 272 g/mol. The van der Waals surface area contributed by atoms with Crippen LogP contribution in [-0.2, 0) is 6.54 Å². The molecule has 0 heterocycles. The van der Waals surface area contributed by atoms with Crippen LogP contribution in [0.2, 0.25) is 0 Å². The van der Waals surface area contributed by atoms with Crippen LogP contribution in [-0.4, -0.2) is 18.0 Å². The van der Waals surface area contributed by atoms with Crippen molar-refractivity contribution in [2.75, 3.05) is 12.4 Å². The lowest BCUT2D eigenvalue weighted by Gasteiger charge is -2.20. The number of para-hydroxylation sites is 1. The first kappa shape index (κ1) is 16.1. The zero-order valence-electron chi connectivity index (χ0n) is 13.8. The standard InChI is InChI=1S/C19H24N2O/c1-14(2)17-7-5-6-8-18(17)20-19(22)21(4)13-16-11-9-15(3)10-12-16/h5-12,14H,13H2,1-4H3,(H,20,22). The fourth-order valence-corrected chi connectivity index (χ4v) is 2.36. The summed E-state index contributed by atoms with van der Waals surface area (Å²) in [5.74, 6) is 0.374. The molecule has 2 aromatic rings. The molecule has 2 aromatic carbocycles. The van der Waals surface area contributed by atoms with Gasteiger partial charge in [0.2, 0.25) is 0 Å². The quantitative estimate of drug-likeness (QED) is 0.865. The fraction of sp³-hybridized carbons (Fsp3) is 0.316. The van der Waals surface area contributed by atoms with E-state index in [1.54, 1.807) is 4.90 Å². The van der Waals surface area contributed by atoms with Gasteiger partial charge < -0.3 is 10.2 Å². The van der Waals surface area contributed by atoms with Crippen LogP contribution in [0.1, 0.15) is 36.5 Å². The Morgan fingerprint density at radius 1 is 1.09 bits per heavy atom. The van der Waals surface area contributed by atoms with Crippen LogP contribution in [0.4, 0.5) is 10.5 Å². The molecule has 0 fully saturated rings. The smallest absolute Gasteiger partial charge is 0.321 e. The molecule has 2 rings (SSSR count). The molecule has 0 aliphatic carbocycles. The monoisotopic (exact) mass is 296 g/mol. The van der Waals surface area contributed by atoms with Gasteiger partial charge in [0, 0.05) is 19.3 Å². The minimum Gasteiger partial charge on any atom is -0.323 e. The number of benzene rings is 2. The van der Waals surface area contributed by atoms with Gasteiger partial charge in [-0.2, -0.15) is 0 Å². The molecule has 0 atom stereocenters. The van der Waals surface area contributed by atoms with Crippen molar-refractivity contribution >= 4 is 11.7 Å². The maximum Gasteiger partial charge on any atom is 0.321 e. The molecular formula is C19H24N2O. The summed E-state index contributed by atoms with van der Waals surface area (Å²) >= 11 is 0. The van der Waals surface area contributed by atoms with Crippen LogP contribution in [0.15, 0.2) is 48.5 Å². The number of carbonyl (C=O) groups is 1. The Labute approximate surface area is 133 Å². The van der Waals surface area contributed by atoms with Crippen LogP contribution in [0, 0.1) is 6.92 Å². The van der Waals surface area contributed by atoms with Crippen molar-refractivity contribution in [3.8, 4) is 0 Å². The number of aryl methyl sites for hydroxylation is 1. The molecule has 1 N–H and O–H groups in total. The molecule has 2 amide bonds. The van der Waals surface area contributed by atoms with Crippen molar-refractivity contribution in [1.82, 2.24) is 4.90 Å². The van der Waals surface area contributed by atoms with Crippen molar-refractivity contribution in [2.45, 2.75) is 33.2 Å². The lowest BCUT2D eigenvalue weighted by atomic mass is 10.0. The second kappa shape index (κ2) is 7.12. The van der Waals surface area contributed by atoms with Gasteiger partial charge in [-0.1, -0.05) is 61.9 Å². The lowest BCUT2D eigenvalue weighted by molar-refractivity contribution is 0.220. The third-order valence-corrected chi connectivity index (χ3v) is 3.71. The highest BCUT2D eigenvalue weighted by atomic mass is 16.2. The van der Waals surface area contributed by atoms with E-state index in [0.717, 1.165) is 16.8 Å². The van der Waals surface area contributed by atoms with E-state index in [4.69, 9.17) is 0 Å². The van der Waals surface area contributed by atoms with E-state index in [2.05, 4.69) is 56.4 Å². The van der Waals surface area contributed by atoms with Gasteiger partial charge in [0.25, 0.3) is 0 Å². The molecule has 0 saturated heterocycles. The molecule has 0 aliphatic heterocycles. The molecule has 0 aromatic heterocycles. The highest BCUT2D eigenvalue weighted by molar-refractivity contribution is 5.90. The Hall–Kier alpha value is -2.29. The predicted molar refractivity (Wildman–Crippen MR) is 92.2 cm³/mol. The second-order valence-corrected chi connectivity index (χ2v) is 6.01. The number of hydrogen-bond donors (Lipinski definition) is 1. The zero-order valence-corrected chi connectivity index (χ0v) is 13.8. The lowest BCUT2D eigenvalue weighted by Crippen LogP contribution is -2.31. The van der Waals surface area contributed by atoms with Gasteiger partial charge in [-0.25, -0.2) is 4.79 Å². The highest BCUT2D eigenvalue weighted by Crippen LogP contribution is 2.24. The van der Waals surface area contributed by atoms with Crippen LogP contribution in [0.5, 0.6) is 0 Å². The third-order valence-electron chi connectivity index (χ3n) is 3.71. The van der Waals surface area contributed by atoms with E-state index in [0.29, 0.717) is 12.5 Å². The Morgan fingerprint density at radius 2 is 1.73 bits per heavy atom. The number of urea groups is 1. The first-order chi connectivity index (χ1) is 10.5. The summed E-state index contributed by atoms with van der Waals surface area (Å²) in [6, 6.07) is 16.1. The van der Waals surface area contributed by atoms with Crippen LogP contribution >= 0.6 is 0 Å². The number of anilines is 1. The number of carbonyl (C=O) groups excluding carboxylic acids is 1. The normalized spacial score (nSPS) is 10.6. The Bertz CT molecular complexity index is 632. The number of hydrogen-bond acceptors (Lipinski definition) is 1. The Balaban J connectivity index is 2.04. The molecule has 0 aliphatic rings. The Kier molecular flexibility index (Phi) is 5.21. The van der Waals surface area contributed by atoms with Gasteiger partial charge in [-0.05, 0) is 30.0 Å². The average Bonchev–Trinajstić information content (AvgIpc) is 2.49. The maximum atomic E-state index is 12.4.